The third-order valence-electron chi connectivity index (χ3n) is 2.71. The predicted molar refractivity (Wildman–Crippen MR) is 69.4 cm³/mol. The van der Waals surface area contributed by atoms with E-state index in [0.717, 1.165) is 23.5 Å². The number of nitrogens with two attached hydrogens (primary N) is 2. The van der Waals surface area contributed by atoms with E-state index in [1.165, 1.54) is 0 Å². The van der Waals surface area contributed by atoms with E-state index in [2.05, 4.69) is 6.92 Å². The Morgan fingerprint density at radius 2 is 2.00 bits per heavy atom. The Bertz CT molecular complexity index is 364. The molecule has 0 amide bonds. The van der Waals surface area contributed by atoms with Crippen LogP contribution < -0.4 is 20.9 Å². The maximum absolute atomic E-state index is 6.11. The fourth-order valence-electron chi connectivity index (χ4n) is 1.47. The van der Waals surface area contributed by atoms with Gasteiger partial charge in [0.25, 0.3) is 0 Å². The Hall–Kier alpha value is -1.26. The second kappa shape index (κ2) is 5.89. The van der Waals surface area contributed by atoms with E-state index in [9.17, 15) is 0 Å². The molecule has 17 heavy (non-hydrogen) atoms. The highest BCUT2D eigenvalue weighted by Gasteiger charge is 2.20. The minimum absolute atomic E-state index is 0.381. The van der Waals surface area contributed by atoms with Gasteiger partial charge in [-0.05, 0) is 31.0 Å². The van der Waals surface area contributed by atoms with Gasteiger partial charge in [0.05, 0.1) is 19.3 Å². The monoisotopic (exact) mass is 238 g/mol. The van der Waals surface area contributed by atoms with Gasteiger partial charge in [0.15, 0.2) is 11.5 Å². The van der Waals surface area contributed by atoms with Crippen LogP contribution >= 0.6 is 0 Å². The first kappa shape index (κ1) is 13.8. The summed E-state index contributed by atoms with van der Waals surface area (Å²) in [6.07, 6.45) is 0.949. The van der Waals surface area contributed by atoms with E-state index < -0.39 is 5.54 Å². The molecule has 0 saturated carbocycles. The molecule has 0 radical (unpaired) electrons. The molecule has 0 aliphatic rings. The third kappa shape index (κ3) is 3.35. The minimum atomic E-state index is -0.545. The second-order valence-corrected chi connectivity index (χ2v) is 4.34. The molecule has 1 aromatic rings. The molecule has 0 aromatic heterocycles. The summed E-state index contributed by atoms with van der Waals surface area (Å²) < 4.78 is 10.9. The highest BCUT2D eigenvalue weighted by Crippen LogP contribution is 2.31. The lowest BCUT2D eigenvalue weighted by molar-refractivity contribution is 0.293. The highest BCUT2D eigenvalue weighted by atomic mass is 16.5. The average Bonchev–Trinajstić information content (AvgIpc) is 2.35. The summed E-state index contributed by atoms with van der Waals surface area (Å²) in [4.78, 5) is 0. The molecular formula is C13H22N2O2. The molecule has 0 fully saturated rings. The number of rotatable bonds is 6. The molecule has 0 bridgehead atoms. The van der Waals surface area contributed by atoms with Crippen molar-refractivity contribution in [2.45, 2.75) is 25.8 Å². The first-order chi connectivity index (χ1) is 8.05. The predicted octanol–water partition coefficient (Wildman–Crippen LogP) is 1.62. The van der Waals surface area contributed by atoms with Crippen molar-refractivity contribution in [3.05, 3.63) is 23.8 Å². The van der Waals surface area contributed by atoms with Gasteiger partial charge < -0.3 is 20.9 Å². The van der Waals surface area contributed by atoms with Crippen LogP contribution in [-0.4, -0.2) is 20.3 Å². The van der Waals surface area contributed by atoms with Crippen molar-refractivity contribution in [2.24, 2.45) is 11.5 Å². The molecule has 0 spiro atoms. The lowest BCUT2D eigenvalue weighted by Crippen LogP contribution is -2.40. The van der Waals surface area contributed by atoms with Crippen LogP contribution in [-0.2, 0) is 5.54 Å². The largest absolute Gasteiger partial charge is 0.493 e. The Kier molecular flexibility index (Phi) is 4.78. The fraction of sp³-hybridized carbons (Fsp3) is 0.538. The van der Waals surface area contributed by atoms with Crippen LogP contribution in [0.4, 0.5) is 0 Å². The molecule has 4 nitrogen and oxygen atoms in total. The van der Waals surface area contributed by atoms with Crippen molar-refractivity contribution < 1.29 is 9.47 Å². The second-order valence-electron chi connectivity index (χ2n) is 4.34. The highest BCUT2D eigenvalue weighted by molar-refractivity contribution is 5.45. The Morgan fingerprint density at radius 1 is 1.29 bits per heavy atom. The summed E-state index contributed by atoms with van der Waals surface area (Å²) in [7, 11) is 1.62. The van der Waals surface area contributed by atoms with Crippen LogP contribution in [0.3, 0.4) is 0 Å². The van der Waals surface area contributed by atoms with Crippen LogP contribution in [0.15, 0.2) is 18.2 Å². The topological polar surface area (TPSA) is 70.5 Å². The van der Waals surface area contributed by atoms with E-state index in [0.29, 0.717) is 13.2 Å². The zero-order valence-electron chi connectivity index (χ0n) is 10.8. The van der Waals surface area contributed by atoms with Gasteiger partial charge in [-0.25, -0.2) is 0 Å². The van der Waals surface area contributed by atoms with Crippen molar-refractivity contribution in [3.63, 3.8) is 0 Å². The molecule has 0 heterocycles. The molecule has 4 N–H and O–H groups in total. The van der Waals surface area contributed by atoms with Gasteiger partial charge in [0.1, 0.15) is 0 Å². The maximum atomic E-state index is 6.11. The molecule has 4 heteroatoms. The SMILES string of the molecule is CCCOc1cc(C(C)(N)CN)ccc1OC. The van der Waals surface area contributed by atoms with Gasteiger partial charge in [-0.1, -0.05) is 13.0 Å². The number of ether oxygens (including phenoxy) is 2. The van der Waals surface area contributed by atoms with Crippen molar-refractivity contribution in [1.82, 2.24) is 0 Å². The van der Waals surface area contributed by atoms with Crippen LogP contribution in [0.2, 0.25) is 0 Å². The van der Waals surface area contributed by atoms with Gasteiger partial charge in [-0.2, -0.15) is 0 Å². The summed E-state index contributed by atoms with van der Waals surface area (Å²) in [6.45, 7) is 5.00. The van der Waals surface area contributed by atoms with Gasteiger partial charge in [-0.15, -0.1) is 0 Å². The van der Waals surface area contributed by atoms with Gasteiger partial charge in [0.2, 0.25) is 0 Å². The summed E-state index contributed by atoms with van der Waals surface area (Å²) in [5.74, 6) is 1.44. The summed E-state index contributed by atoms with van der Waals surface area (Å²) in [5, 5.41) is 0. The van der Waals surface area contributed by atoms with Gasteiger partial charge in [0, 0.05) is 6.54 Å². The smallest absolute Gasteiger partial charge is 0.161 e. The molecular weight excluding hydrogens is 216 g/mol. The van der Waals surface area contributed by atoms with Crippen LogP contribution in [0.1, 0.15) is 25.8 Å². The Labute approximate surface area is 103 Å². The van der Waals surface area contributed by atoms with Crippen molar-refractivity contribution in [2.75, 3.05) is 20.3 Å². The quantitative estimate of drug-likeness (QED) is 0.790. The zero-order chi connectivity index (χ0) is 12.9. The maximum Gasteiger partial charge on any atom is 0.161 e. The normalized spacial score (nSPS) is 14.2. The van der Waals surface area contributed by atoms with E-state index in [1.54, 1.807) is 7.11 Å². The van der Waals surface area contributed by atoms with Crippen LogP contribution in [0, 0.1) is 0 Å². The van der Waals surface area contributed by atoms with Crippen molar-refractivity contribution in [3.8, 4) is 11.5 Å². The molecule has 1 aromatic carbocycles. The number of methoxy groups -OCH3 is 1. The van der Waals surface area contributed by atoms with Gasteiger partial charge in [-0.3, -0.25) is 0 Å². The summed E-state index contributed by atoms with van der Waals surface area (Å²) in [5.41, 5.74) is 12.2. The molecule has 0 aliphatic carbocycles. The zero-order valence-corrected chi connectivity index (χ0v) is 10.8. The molecule has 1 atom stereocenters. The molecule has 0 saturated heterocycles. The lowest BCUT2D eigenvalue weighted by Gasteiger charge is -2.24. The minimum Gasteiger partial charge on any atom is -0.493 e. The summed E-state index contributed by atoms with van der Waals surface area (Å²) >= 11 is 0. The van der Waals surface area contributed by atoms with E-state index in [-0.39, 0.29) is 0 Å². The van der Waals surface area contributed by atoms with E-state index >= 15 is 0 Å². The molecule has 1 unspecified atom stereocenters. The van der Waals surface area contributed by atoms with E-state index in [1.807, 2.05) is 25.1 Å². The molecule has 96 valence electrons. The average molecular weight is 238 g/mol. The standard InChI is InChI=1S/C13H22N2O2/c1-4-7-17-12-8-10(13(2,15)9-14)5-6-11(12)16-3/h5-6,8H,4,7,9,14-15H2,1-3H3. The van der Waals surface area contributed by atoms with Crippen LogP contribution in [0.25, 0.3) is 0 Å². The first-order valence-electron chi connectivity index (χ1n) is 5.85. The number of hydrogen-bond donors (Lipinski definition) is 2. The first-order valence-corrected chi connectivity index (χ1v) is 5.85. The molecule has 0 aliphatic heterocycles. The summed E-state index contributed by atoms with van der Waals surface area (Å²) in [6, 6.07) is 5.69. The van der Waals surface area contributed by atoms with Crippen LogP contribution in [0.5, 0.6) is 11.5 Å². The Morgan fingerprint density at radius 3 is 2.53 bits per heavy atom. The van der Waals surface area contributed by atoms with E-state index in [4.69, 9.17) is 20.9 Å². The Balaban J connectivity index is 3.04. The number of benzene rings is 1. The van der Waals surface area contributed by atoms with Crippen molar-refractivity contribution in [1.29, 1.82) is 0 Å². The van der Waals surface area contributed by atoms with Gasteiger partial charge >= 0.3 is 0 Å². The molecule has 1 rings (SSSR count). The van der Waals surface area contributed by atoms with Crippen molar-refractivity contribution >= 4 is 0 Å². The lowest BCUT2D eigenvalue weighted by atomic mass is 9.93. The third-order valence-corrected chi connectivity index (χ3v) is 2.71. The fourth-order valence-corrected chi connectivity index (χ4v) is 1.47. The number of hydrogen-bond acceptors (Lipinski definition) is 4.